The zero-order valence-corrected chi connectivity index (χ0v) is 15.8. The van der Waals surface area contributed by atoms with Gasteiger partial charge in [-0.2, -0.15) is 5.10 Å². The third-order valence-corrected chi connectivity index (χ3v) is 3.89. The van der Waals surface area contributed by atoms with Crippen LogP contribution in [0.2, 0.25) is 0 Å². The fourth-order valence-corrected chi connectivity index (χ4v) is 2.55. The number of benzene rings is 1. The molecule has 1 atom stereocenters. The van der Waals surface area contributed by atoms with E-state index < -0.39 is 6.04 Å². The molecule has 0 bridgehead atoms. The first kappa shape index (κ1) is 19.6. The molecule has 0 saturated carbocycles. The number of aromatic nitrogens is 3. The Kier molecular flexibility index (Phi) is 6.89. The number of hydrogen-bond acceptors (Lipinski definition) is 4. The lowest BCUT2D eigenvalue weighted by atomic mass is 10.0. The summed E-state index contributed by atoms with van der Waals surface area (Å²) in [5.74, 6) is -0.0562. The van der Waals surface area contributed by atoms with Crippen LogP contribution in [0.4, 0.5) is 5.69 Å². The predicted molar refractivity (Wildman–Crippen MR) is 100 cm³/mol. The molecule has 0 saturated heterocycles. The molecule has 2 aromatic rings. The maximum Gasteiger partial charge on any atom is 0.247 e. The van der Waals surface area contributed by atoms with E-state index in [0.29, 0.717) is 18.7 Å². The average molecular weight is 357 g/mol. The van der Waals surface area contributed by atoms with Crippen molar-refractivity contribution in [2.24, 2.45) is 11.8 Å². The highest BCUT2D eigenvalue weighted by Gasteiger charge is 2.24. The second kappa shape index (κ2) is 9.12. The number of anilines is 1. The van der Waals surface area contributed by atoms with Gasteiger partial charge in [-0.3, -0.25) is 9.59 Å². The first-order valence-corrected chi connectivity index (χ1v) is 8.86. The van der Waals surface area contributed by atoms with E-state index in [4.69, 9.17) is 0 Å². The summed E-state index contributed by atoms with van der Waals surface area (Å²) in [6.45, 7) is 8.41. The summed E-state index contributed by atoms with van der Waals surface area (Å²) >= 11 is 0. The zero-order valence-electron chi connectivity index (χ0n) is 15.8. The van der Waals surface area contributed by atoms with Crippen molar-refractivity contribution in [3.05, 3.63) is 42.5 Å². The van der Waals surface area contributed by atoms with Gasteiger partial charge >= 0.3 is 0 Å². The van der Waals surface area contributed by atoms with Gasteiger partial charge < -0.3 is 10.6 Å². The monoisotopic (exact) mass is 357 g/mol. The number of rotatable bonds is 8. The van der Waals surface area contributed by atoms with Crippen LogP contribution in [0.5, 0.6) is 0 Å². The molecule has 1 aromatic heterocycles. The number of nitrogens with zero attached hydrogens (tertiary/aromatic N) is 3. The molecule has 140 valence electrons. The lowest BCUT2D eigenvalue weighted by molar-refractivity contribution is -0.127. The third-order valence-electron chi connectivity index (χ3n) is 3.89. The van der Waals surface area contributed by atoms with Crippen LogP contribution in [0.3, 0.4) is 0 Å². The Hall–Kier alpha value is -2.70. The van der Waals surface area contributed by atoms with Gasteiger partial charge in [0.1, 0.15) is 18.7 Å². The maximum atomic E-state index is 12.6. The molecule has 1 heterocycles. The normalized spacial score (nSPS) is 12.2. The van der Waals surface area contributed by atoms with Gasteiger partial charge in [-0.1, -0.05) is 39.8 Å². The molecule has 0 aliphatic rings. The summed E-state index contributed by atoms with van der Waals surface area (Å²) in [4.78, 5) is 28.5. The SMILES string of the molecule is CC(C)CC(=O)NC(C(=O)Nc1ccc(Cn2cncn2)cc1)C(C)C. The van der Waals surface area contributed by atoms with Gasteiger partial charge in [0.15, 0.2) is 0 Å². The molecule has 0 fully saturated rings. The summed E-state index contributed by atoms with van der Waals surface area (Å²) in [6, 6.07) is 6.99. The Morgan fingerprint density at radius 3 is 2.35 bits per heavy atom. The van der Waals surface area contributed by atoms with Gasteiger partial charge in [0, 0.05) is 12.1 Å². The standard InChI is InChI=1S/C19H27N5O2/c1-13(2)9-17(25)23-18(14(3)4)19(26)22-16-7-5-15(6-8-16)10-24-12-20-11-21-24/h5-8,11-14,18H,9-10H2,1-4H3,(H,22,26)(H,23,25). The molecule has 26 heavy (non-hydrogen) atoms. The molecule has 2 N–H and O–H groups in total. The lowest BCUT2D eigenvalue weighted by Crippen LogP contribution is -2.47. The summed E-state index contributed by atoms with van der Waals surface area (Å²) in [6.07, 6.45) is 3.56. The Balaban J connectivity index is 1.96. The molecule has 7 nitrogen and oxygen atoms in total. The second-order valence-corrected chi connectivity index (χ2v) is 7.17. The van der Waals surface area contributed by atoms with E-state index >= 15 is 0 Å². The first-order valence-electron chi connectivity index (χ1n) is 8.86. The number of hydrogen-bond donors (Lipinski definition) is 2. The van der Waals surface area contributed by atoms with Gasteiger partial charge in [0.25, 0.3) is 0 Å². The number of carbonyl (C=O) groups excluding carboxylic acids is 2. The largest absolute Gasteiger partial charge is 0.344 e. The Morgan fingerprint density at radius 2 is 1.81 bits per heavy atom. The van der Waals surface area contributed by atoms with Crippen LogP contribution in [0.15, 0.2) is 36.9 Å². The summed E-state index contributed by atoms with van der Waals surface area (Å²) in [5, 5.41) is 9.79. The maximum absolute atomic E-state index is 12.6. The Bertz CT molecular complexity index is 708. The smallest absolute Gasteiger partial charge is 0.247 e. The fourth-order valence-electron chi connectivity index (χ4n) is 2.55. The first-order chi connectivity index (χ1) is 12.3. The molecule has 0 aliphatic heterocycles. The van der Waals surface area contributed by atoms with Crippen LogP contribution in [0.1, 0.15) is 39.7 Å². The van der Waals surface area contributed by atoms with Crippen molar-refractivity contribution in [1.82, 2.24) is 20.1 Å². The van der Waals surface area contributed by atoms with Crippen LogP contribution in [-0.2, 0) is 16.1 Å². The zero-order chi connectivity index (χ0) is 19.1. The molecule has 7 heteroatoms. The summed E-state index contributed by atoms with van der Waals surface area (Å²) < 4.78 is 1.73. The molecular formula is C19H27N5O2. The number of amides is 2. The number of carbonyl (C=O) groups is 2. The van der Waals surface area contributed by atoms with E-state index in [9.17, 15) is 9.59 Å². The van der Waals surface area contributed by atoms with E-state index in [0.717, 1.165) is 5.56 Å². The van der Waals surface area contributed by atoms with E-state index in [2.05, 4.69) is 20.7 Å². The van der Waals surface area contributed by atoms with Gasteiger partial charge in [-0.15, -0.1) is 0 Å². The second-order valence-electron chi connectivity index (χ2n) is 7.17. The van der Waals surface area contributed by atoms with E-state index in [-0.39, 0.29) is 23.7 Å². The van der Waals surface area contributed by atoms with Gasteiger partial charge in [0.2, 0.25) is 11.8 Å². The highest BCUT2D eigenvalue weighted by Crippen LogP contribution is 2.13. The predicted octanol–water partition coefficient (Wildman–Crippen LogP) is 2.45. The molecule has 1 aromatic carbocycles. The van der Waals surface area contributed by atoms with Crippen molar-refractivity contribution in [3.8, 4) is 0 Å². The van der Waals surface area contributed by atoms with Crippen molar-refractivity contribution in [1.29, 1.82) is 0 Å². The minimum atomic E-state index is -0.559. The van der Waals surface area contributed by atoms with Gasteiger partial charge in [0.05, 0.1) is 6.54 Å². The molecule has 1 unspecified atom stereocenters. The summed E-state index contributed by atoms with van der Waals surface area (Å²) in [5.41, 5.74) is 1.75. The quantitative estimate of drug-likeness (QED) is 0.759. The van der Waals surface area contributed by atoms with E-state index in [1.807, 2.05) is 52.0 Å². The molecule has 0 aliphatic carbocycles. The van der Waals surface area contributed by atoms with E-state index in [1.54, 1.807) is 11.0 Å². The van der Waals surface area contributed by atoms with Crippen LogP contribution in [0, 0.1) is 11.8 Å². The van der Waals surface area contributed by atoms with Gasteiger partial charge in [-0.05, 0) is 29.5 Å². The highest BCUT2D eigenvalue weighted by molar-refractivity contribution is 5.97. The van der Waals surface area contributed by atoms with Crippen molar-refractivity contribution < 1.29 is 9.59 Å². The minimum absolute atomic E-state index is 0.00213. The van der Waals surface area contributed by atoms with Crippen molar-refractivity contribution in [3.63, 3.8) is 0 Å². The van der Waals surface area contributed by atoms with Gasteiger partial charge in [-0.25, -0.2) is 9.67 Å². The minimum Gasteiger partial charge on any atom is -0.344 e. The number of nitrogens with one attached hydrogen (secondary N) is 2. The Morgan fingerprint density at radius 1 is 1.12 bits per heavy atom. The molecule has 2 amide bonds. The fraction of sp³-hybridized carbons (Fsp3) is 0.474. The van der Waals surface area contributed by atoms with E-state index in [1.165, 1.54) is 6.33 Å². The van der Waals surface area contributed by atoms with Crippen LogP contribution < -0.4 is 10.6 Å². The van der Waals surface area contributed by atoms with Crippen molar-refractivity contribution >= 4 is 17.5 Å². The third kappa shape index (κ3) is 5.98. The van der Waals surface area contributed by atoms with Crippen LogP contribution in [-0.4, -0.2) is 32.6 Å². The Labute approximate surface area is 154 Å². The van der Waals surface area contributed by atoms with Crippen molar-refractivity contribution in [2.45, 2.75) is 46.7 Å². The molecule has 0 spiro atoms. The lowest BCUT2D eigenvalue weighted by Gasteiger charge is -2.22. The topological polar surface area (TPSA) is 88.9 Å². The molecular weight excluding hydrogens is 330 g/mol. The molecule has 2 rings (SSSR count). The molecule has 0 radical (unpaired) electrons. The van der Waals surface area contributed by atoms with Crippen molar-refractivity contribution in [2.75, 3.05) is 5.32 Å². The highest BCUT2D eigenvalue weighted by atomic mass is 16.2. The van der Waals surface area contributed by atoms with Crippen LogP contribution in [0.25, 0.3) is 0 Å². The van der Waals surface area contributed by atoms with Crippen LogP contribution >= 0.6 is 0 Å². The average Bonchev–Trinajstić information content (AvgIpc) is 3.06. The summed E-state index contributed by atoms with van der Waals surface area (Å²) in [7, 11) is 0.